The zero-order valence-electron chi connectivity index (χ0n) is 12.5. The SMILES string of the molecule is C=CCCC(=O)NC(COc1cccc(Cl)c1)C(=O)OCC#N. The molecule has 23 heavy (non-hydrogen) atoms. The lowest BCUT2D eigenvalue weighted by Crippen LogP contribution is -2.45. The van der Waals surface area contributed by atoms with E-state index in [4.69, 9.17) is 26.3 Å². The molecular weight excluding hydrogens is 320 g/mol. The van der Waals surface area contributed by atoms with Crippen LogP contribution in [0.1, 0.15) is 12.8 Å². The van der Waals surface area contributed by atoms with Gasteiger partial charge in [-0.2, -0.15) is 5.26 Å². The summed E-state index contributed by atoms with van der Waals surface area (Å²) in [5.41, 5.74) is 0. The summed E-state index contributed by atoms with van der Waals surface area (Å²) in [5, 5.41) is 11.5. The molecule has 1 N–H and O–H groups in total. The molecule has 0 aromatic heterocycles. The summed E-state index contributed by atoms with van der Waals surface area (Å²) in [6.45, 7) is 3.00. The molecule has 0 aliphatic heterocycles. The van der Waals surface area contributed by atoms with Crippen LogP contribution in [0.15, 0.2) is 36.9 Å². The van der Waals surface area contributed by atoms with E-state index in [-0.39, 0.29) is 18.9 Å². The highest BCUT2D eigenvalue weighted by atomic mass is 35.5. The molecular formula is C16H17ClN2O4. The monoisotopic (exact) mass is 336 g/mol. The Morgan fingerprint density at radius 3 is 2.91 bits per heavy atom. The van der Waals surface area contributed by atoms with Crippen molar-refractivity contribution in [3.8, 4) is 11.8 Å². The maximum Gasteiger partial charge on any atom is 0.333 e. The maximum atomic E-state index is 11.9. The van der Waals surface area contributed by atoms with Crippen molar-refractivity contribution >= 4 is 23.5 Å². The zero-order valence-corrected chi connectivity index (χ0v) is 13.2. The Morgan fingerprint density at radius 2 is 2.26 bits per heavy atom. The molecule has 0 saturated carbocycles. The number of nitrogens with zero attached hydrogens (tertiary/aromatic N) is 1. The number of rotatable bonds is 9. The topological polar surface area (TPSA) is 88.4 Å². The van der Waals surface area contributed by atoms with Gasteiger partial charge in [-0.3, -0.25) is 4.79 Å². The van der Waals surface area contributed by atoms with Crippen molar-refractivity contribution in [2.24, 2.45) is 0 Å². The summed E-state index contributed by atoms with van der Waals surface area (Å²) in [5.74, 6) is -0.616. The summed E-state index contributed by atoms with van der Waals surface area (Å²) < 4.78 is 10.2. The van der Waals surface area contributed by atoms with Gasteiger partial charge in [0.05, 0.1) is 0 Å². The number of ether oxygens (including phenoxy) is 2. The van der Waals surface area contributed by atoms with Crippen LogP contribution < -0.4 is 10.1 Å². The first kappa shape index (κ1) is 18.5. The van der Waals surface area contributed by atoms with E-state index in [9.17, 15) is 9.59 Å². The highest BCUT2D eigenvalue weighted by Gasteiger charge is 2.23. The van der Waals surface area contributed by atoms with Gasteiger partial charge in [0, 0.05) is 11.4 Å². The van der Waals surface area contributed by atoms with Crippen molar-refractivity contribution in [2.75, 3.05) is 13.2 Å². The number of carbonyl (C=O) groups is 2. The molecule has 0 aliphatic rings. The Bertz CT molecular complexity index is 598. The Labute approximate surface area is 139 Å². The molecule has 6 nitrogen and oxygen atoms in total. The summed E-state index contributed by atoms with van der Waals surface area (Å²) in [7, 11) is 0. The molecule has 0 saturated heterocycles. The molecule has 0 aliphatic carbocycles. The lowest BCUT2D eigenvalue weighted by atomic mass is 10.2. The van der Waals surface area contributed by atoms with E-state index in [1.807, 2.05) is 0 Å². The van der Waals surface area contributed by atoms with E-state index < -0.39 is 18.6 Å². The van der Waals surface area contributed by atoms with Crippen molar-refractivity contribution < 1.29 is 19.1 Å². The molecule has 0 radical (unpaired) electrons. The van der Waals surface area contributed by atoms with Gasteiger partial charge in [0.15, 0.2) is 12.6 Å². The second-order valence-electron chi connectivity index (χ2n) is 4.48. The Hall–Kier alpha value is -2.52. The first-order valence-corrected chi connectivity index (χ1v) is 7.26. The van der Waals surface area contributed by atoms with Gasteiger partial charge >= 0.3 is 5.97 Å². The van der Waals surface area contributed by atoms with E-state index in [1.54, 1.807) is 36.4 Å². The van der Waals surface area contributed by atoms with Gasteiger partial charge in [-0.15, -0.1) is 6.58 Å². The van der Waals surface area contributed by atoms with Gasteiger partial charge in [0.1, 0.15) is 18.4 Å². The third kappa shape index (κ3) is 7.34. The Morgan fingerprint density at radius 1 is 1.48 bits per heavy atom. The van der Waals surface area contributed by atoms with Crippen molar-refractivity contribution in [3.05, 3.63) is 41.9 Å². The maximum absolute atomic E-state index is 11.9. The minimum absolute atomic E-state index is 0.134. The number of nitriles is 1. The molecule has 0 spiro atoms. The summed E-state index contributed by atoms with van der Waals surface area (Å²) in [6, 6.07) is 7.32. The molecule has 1 atom stereocenters. The zero-order chi connectivity index (χ0) is 17.1. The lowest BCUT2D eigenvalue weighted by Gasteiger charge is -2.17. The minimum atomic E-state index is -1.01. The lowest BCUT2D eigenvalue weighted by molar-refractivity contribution is -0.147. The van der Waals surface area contributed by atoms with Crippen LogP contribution in [0.2, 0.25) is 5.02 Å². The largest absolute Gasteiger partial charge is 0.491 e. The molecule has 122 valence electrons. The molecule has 7 heteroatoms. The number of allylic oxidation sites excluding steroid dienone is 1. The second-order valence-corrected chi connectivity index (χ2v) is 4.92. The third-order valence-corrected chi connectivity index (χ3v) is 2.92. The third-order valence-electron chi connectivity index (χ3n) is 2.69. The second kappa shape index (κ2) is 10.2. The highest BCUT2D eigenvalue weighted by Crippen LogP contribution is 2.17. The first-order valence-electron chi connectivity index (χ1n) is 6.89. The van der Waals surface area contributed by atoms with Gasteiger partial charge < -0.3 is 14.8 Å². The smallest absolute Gasteiger partial charge is 0.333 e. The quantitative estimate of drug-likeness (QED) is 0.552. The van der Waals surface area contributed by atoms with Crippen molar-refractivity contribution in [1.82, 2.24) is 5.32 Å². The number of hydrogen-bond acceptors (Lipinski definition) is 5. The molecule has 1 aromatic carbocycles. The normalized spacial score (nSPS) is 11.0. The van der Waals surface area contributed by atoms with E-state index in [1.165, 1.54) is 0 Å². The van der Waals surface area contributed by atoms with Gasteiger partial charge in [-0.1, -0.05) is 23.7 Å². The van der Waals surface area contributed by atoms with E-state index in [0.29, 0.717) is 17.2 Å². The molecule has 0 heterocycles. The van der Waals surface area contributed by atoms with Crippen molar-refractivity contribution in [3.63, 3.8) is 0 Å². The number of hydrogen-bond donors (Lipinski definition) is 1. The van der Waals surface area contributed by atoms with Gasteiger partial charge in [0.25, 0.3) is 0 Å². The molecule has 1 amide bonds. The Kier molecular flexibility index (Phi) is 8.25. The van der Waals surface area contributed by atoms with E-state index in [0.717, 1.165) is 0 Å². The number of nitrogens with one attached hydrogen (secondary N) is 1. The predicted octanol–water partition coefficient (Wildman–Crippen LogP) is 2.24. The minimum Gasteiger partial charge on any atom is -0.491 e. The van der Waals surface area contributed by atoms with Crippen LogP contribution >= 0.6 is 11.6 Å². The van der Waals surface area contributed by atoms with Crippen LogP contribution in [0.5, 0.6) is 5.75 Å². The average molecular weight is 337 g/mol. The predicted molar refractivity (Wildman–Crippen MR) is 84.9 cm³/mol. The number of benzene rings is 1. The Balaban J connectivity index is 2.66. The van der Waals surface area contributed by atoms with Crippen LogP contribution in [0, 0.1) is 11.3 Å². The van der Waals surface area contributed by atoms with E-state index in [2.05, 4.69) is 11.9 Å². The first-order chi connectivity index (χ1) is 11.1. The highest BCUT2D eigenvalue weighted by molar-refractivity contribution is 6.30. The average Bonchev–Trinajstić information content (AvgIpc) is 2.54. The summed E-state index contributed by atoms with van der Waals surface area (Å²) >= 11 is 5.85. The molecule has 1 rings (SSSR count). The number of esters is 1. The molecule has 0 bridgehead atoms. The standard InChI is InChI=1S/C16H17ClN2O4/c1-2-3-7-15(20)19-14(16(21)22-9-8-18)11-23-13-6-4-5-12(17)10-13/h2,4-6,10,14H,1,3,7,9,11H2,(H,19,20). The fourth-order valence-electron chi connectivity index (χ4n) is 1.61. The van der Waals surface area contributed by atoms with Crippen LogP contribution in [-0.4, -0.2) is 31.1 Å². The van der Waals surface area contributed by atoms with Crippen LogP contribution in [0.3, 0.4) is 0 Å². The van der Waals surface area contributed by atoms with Crippen molar-refractivity contribution in [2.45, 2.75) is 18.9 Å². The number of carbonyl (C=O) groups excluding carboxylic acids is 2. The van der Waals surface area contributed by atoms with Gasteiger partial charge in [-0.05, 0) is 24.6 Å². The van der Waals surface area contributed by atoms with Crippen LogP contribution in [-0.2, 0) is 14.3 Å². The van der Waals surface area contributed by atoms with E-state index >= 15 is 0 Å². The summed E-state index contributed by atoms with van der Waals surface area (Å²) in [4.78, 5) is 23.6. The molecule has 0 fully saturated rings. The number of halogens is 1. The fraction of sp³-hybridized carbons (Fsp3) is 0.312. The van der Waals surface area contributed by atoms with Crippen LogP contribution in [0.4, 0.5) is 0 Å². The number of amides is 1. The van der Waals surface area contributed by atoms with Gasteiger partial charge in [-0.25, -0.2) is 4.79 Å². The van der Waals surface area contributed by atoms with Crippen LogP contribution in [0.25, 0.3) is 0 Å². The van der Waals surface area contributed by atoms with Crippen molar-refractivity contribution in [1.29, 1.82) is 5.26 Å². The summed E-state index contributed by atoms with van der Waals surface area (Å²) in [6.07, 6.45) is 2.29. The van der Waals surface area contributed by atoms with Gasteiger partial charge in [0.2, 0.25) is 5.91 Å². The fourth-order valence-corrected chi connectivity index (χ4v) is 1.79. The molecule has 1 unspecified atom stereocenters. The molecule has 1 aromatic rings.